The Morgan fingerprint density at radius 1 is 1.24 bits per heavy atom. The van der Waals surface area contributed by atoms with Crippen molar-refractivity contribution in [2.75, 3.05) is 14.2 Å². The molecule has 0 fully saturated rings. The van der Waals surface area contributed by atoms with Crippen molar-refractivity contribution in [1.82, 2.24) is 10.3 Å². The van der Waals surface area contributed by atoms with Crippen LogP contribution < -0.4 is 10.2 Å². The Balaban J connectivity index is 1.55. The number of rotatable bonds is 6. The highest BCUT2D eigenvalue weighted by molar-refractivity contribution is 6.13. The van der Waals surface area contributed by atoms with Gasteiger partial charge in [-0.3, -0.25) is 4.79 Å². The Labute approximate surface area is 172 Å². The van der Waals surface area contributed by atoms with E-state index in [-0.39, 0.29) is 5.91 Å². The van der Waals surface area contributed by atoms with Crippen LogP contribution in [0.3, 0.4) is 0 Å². The molecule has 0 spiro atoms. The van der Waals surface area contributed by atoms with Gasteiger partial charge in [0.05, 0.1) is 12.8 Å². The summed E-state index contributed by atoms with van der Waals surface area (Å²) < 4.78 is 5.21. The van der Waals surface area contributed by atoms with Crippen LogP contribution in [0.5, 0.6) is 5.75 Å². The van der Waals surface area contributed by atoms with Crippen molar-refractivity contribution < 1.29 is 9.53 Å². The molecule has 5 nitrogen and oxygen atoms in total. The molecule has 2 aromatic carbocycles. The first kappa shape index (κ1) is 19.2. The molecule has 29 heavy (non-hydrogen) atoms. The predicted octanol–water partition coefficient (Wildman–Crippen LogP) is 4.13. The number of carbonyl (C=O) groups is 1. The number of hydrogen-bond acceptors (Lipinski definition) is 4. The number of benzene rings is 2. The second-order valence-electron chi connectivity index (χ2n) is 7.84. The molecule has 1 N–H and O–H groups in total. The van der Waals surface area contributed by atoms with Crippen molar-refractivity contribution in [3.8, 4) is 5.75 Å². The molecular formula is C24H27N3O2. The fourth-order valence-electron chi connectivity index (χ4n) is 4.12. The zero-order chi connectivity index (χ0) is 20.4. The lowest BCUT2D eigenvalue weighted by Crippen LogP contribution is -2.23. The van der Waals surface area contributed by atoms with Crippen LogP contribution in [0, 0.1) is 5.92 Å². The van der Waals surface area contributed by atoms with Crippen molar-refractivity contribution in [3.63, 3.8) is 0 Å². The van der Waals surface area contributed by atoms with Crippen LogP contribution >= 0.6 is 0 Å². The van der Waals surface area contributed by atoms with E-state index in [0.29, 0.717) is 19.0 Å². The molecule has 2 aromatic rings. The summed E-state index contributed by atoms with van der Waals surface area (Å²) >= 11 is 0. The molecule has 4 rings (SSSR count). The minimum atomic E-state index is 0.0863. The summed E-state index contributed by atoms with van der Waals surface area (Å²) in [6.45, 7) is 3.47. The summed E-state index contributed by atoms with van der Waals surface area (Å²) in [5.74, 6) is 1.56. The summed E-state index contributed by atoms with van der Waals surface area (Å²) in [6, 6.07) is 14.0. The number of methoxy groups -OCH3 is 1. The second kappa shape index (κ2) is 8.11. The first-order valence-electron chi connectivity index (χ1n) is 10.1. The highest BCUT2D eigenvalue weighted by Gasteiger charge is 2.28. The van der Waals surface area contributed by atoms with Crippen molar-refractivity contribution >= 4 is 11.6 Å². The molecule has 1 amide bonds. The minimum absolute atomic E-state index is 0.0863. The average molecular weight is 389 g/mol. The molecular weight excluding hydrogens is 362 g/mol. The number of nitrogens with one attached hydrogen (secondary N) is 1. The molecule has 1 heterocycles. The highest BCUT2D eigenvalue weighted by atomic mass is 16.5. The van der Waals surface area contributed by atoms with E-state index < -0.39 is 0 Å². The maximum Gasteiger partial charge on any atom is 0.254 e. The average Bonchev–Trinajstić information content (AvgIpc) is 3.30. The number of carbonyl (C=O) groups excluding carboxylic acids is 1. The number of fused-ring (bicyclic) bond motifs is 1. The summed E-state index contributed by atoms with van der Waals surface area (Å²) in [7, 11) is 3.48. The zero-order valence-corrected chi connectivity index (χ0v) is 17.2. The first-order valence-corrected chi connectivity index (χ1v) is 10.1. The summed E-state index contributed by atoms with van der Waals surface area (Å²) in [6.07, 6.45) is 4.42. The largest absolute Gasteiger partial charge is 0.497 e. The fourth-order valence-corrected chi connectivity index (χ4v) is 4.12. The van der Waals surface area contributed by atoms with Gasteiger partial charge in [0.2, 0.25) is 0 Å². The van der Waals surface area contributed by atoms with Gasteiger partial charge < -0.3 is 15.1 Å². The Kier molecular flexibility index (Phi) is 5.38. The van der Waals surface area contributed by atoms with Gasteiger partial charge in [0, 0.05) is 31.3 Å². The Hall–Kier alpha value is -3.08. The zero-order valence-electron chi connectivity index (χ0n) is 17.2. The van der Waals surface area contributed by atoms with E-state index in [1.54, 1.807) is 7.11 Å². The number of nitrogens with zero attached hydrogens (tertiary/aromatic N) is 2. The van der Waals surface area contributed by atoms with Gasteiger partial charge in [0.1, 0.15) is 5.75 Å². The van der Waals surface area contributed by atoms with Crippen molar-refractivity contribution in [3.05, 3.63) is 76.4 Å². The van der Waals surface area contributed by atoms with Gasteiger partial charge in [0.15, 0.2) is 0 Å². The first-order chi connectivity index (χ1) is 14.1. The highest BCUT2D eigenvalue weighted by Crippen LogP contribution is 2.30. The van der Waals surface area contributed by atoms with Crippen LogP contribution in [0.4, 0.5) is 0 Å². The molecule has 0 bridgehead atoms. The van der Waals surface area contributed by atoms with E-state index >= 15 is 0 Å². The van der Waals surface area contributed by atoms with Crippen molar-refractivity contribution in [2.45, 2.75) is 32.9 Å². The SMILES string of the molecule is CN/N=C(\C1=CCC(C)C1)c1ccc2c(c1)CN(Cc1ccc(OC)cc1)C2=O. The summed E-state index contributed by atoms with van der Waals surface area (Å²) in [4.78, 5) is 14.8. The Morgan fingerprint density at radius 2 is 2.03 bits per heavy atom. The van der Waals surface area contributed by atoms with E-state index in [4.69, 9.17) is 4.74 Å². The second-order valence-corrected chi connectivity index (χ2v) is 7.84. The van der Waals surface area contributed by atoms with Gasteiger partial charge >= 0.3 is 0 Å². The lowest BCUT2D eigenvalue weighted by molar-refractivity contribution is 0.0766. The quantitative estimate of drug-likeness (QED) is 0.597. The van der Waals surface area contributed by atoms with Crippen LogP contribution in [-0.4, -0.2) is 30.7 Å². The number of hydrazone groups is 1. The van der Waals surface area contributed by atoms with Crippen molar-refractivity contribution in [1.29, 1.82) is 0 Å². The van der Waals surface area contributed by atoms with Crippen molar-refractivity contribution in [2.24, 2.45) is 11.0 Å². The van der Waals surface area contributed by atoms with Gasteiger partial charge in [-0.25, -0.2) is 0 Å². The van der Waals surface area contributed by atoms with Gasteiger partial charge in [-0.15, -0.1) is 0 Å². The molecule has 0 aromatic heterocycles. The van der Waals surface area contributed by atoms with E-state index in [9.17, 15) is 4.79 Å². The summed E-state index contributed by atoms with van der Waals surface area (Å²) in [5, 5.41) is 4.55. The molecule has 1 aliphatic carbocycles. The van der Waals surface area contributed by atoms with Crippen LogP contribution in [0.2, 0.25) is 0 Å². The molecule has 0 radical (unpaired) electrons. The van der Waals surface area contributed by atoms with E-state index in [2.05, 4.69) is 29.6 Å². The molecule has 0 saturated heterocycles. The number of amides is 1. The minimum Gasteiger partial charge on any atom is -0.497 e. The molecule has 0 saturated carbocycles. The molecule has 150 valence electrons. The topological polar surface area (TPSA) is 53.9 Å². The maximum absolute atomic E-state index is 12.9. The molecule has 5 heteroatoms. The number of hydrogen-bond donors (Lipinski definition) is 1. The van der Waals surface area contributed by atoms with Gasteiger partial charge in [-0.1, -0.05) is 31.2 Å². The molecule has 1 unspecified atom stereocenters. The van der Waals surface area contributed by atoms with Gasteiger partial charge in [-0.05, 0) is 59.7 Å². The Bertz CT molecular complexity index is 976. The van der Waals surface area contributed by atoms with Crippen LogP contribution in [0.1, 0.15) is 46.8 Å². The van der Waals surface area contributed by atoms with Gasteiger partial charge in [0.25, 0.3) is 5.91 Å². The smallest absolute Gasteiger partial charge is 0.254 e. The molecule has 1 atom stereocenters. The third kappa shape index (κ3) is 3.90. The maximum atomic E-state index is 12.9. The van der Waals surface area contributed by atoms with Crippen LogP contribution in [0.25, 0.3) is 0 Å². The lowest BCUT2D eigenvalue weighted by atomic mass is 9.97. The lowest BCUT2D eigenvalue weighted by Gasteiger charge is -2.15. The summed E-state index contributed by atoms with van der Waals surface area (Å²) in [5.41, 5.74) is 9.23. The van der Waals surface area contributed by atoms with Crippen LogP contribution in [0.15, 0.2) is 59.2 Å². The Morgan fingerprint density at radius 3 is 2.69 bits per heavy atom. The van der Waals surface area contributed by atoms with Gasteiger partial charge in [-0.2, -0.15) is 5.10 Å². The third-order valence-corrected chi connectivity index (χ3v) is 5.65. The normalized spacial score (nSPS) is 18.7. The van der Waals surface area contributed by atoms with E-state index in [1.165, 1.54) is 5.57 Å². The number of allylic oxidation sites excluding steroid dienone is 2. The van der Waals surface area contributed by atoms with E-state index in [1.807, 2.05) is 48.3 Å². The van der Waals surface area contributed by atoms with E-state index in [0.717, 1.165) is 46.6 Å². The molecule has 2 aliphatic rings. The third-order valence-electron chi connectivity index (χ3n) is 5.65. The fraction of sp³-hybridized carbons (Fsp3) is 0.333. The standard InChI is InChI=1S/C24H27N3O2/c1-16-4-7-18(12-16)23(26-25-2)19-8-11-22-20(13-19)15-27(24(22)28)14-17-5-9-21(29-3)10-6-17/h5-11,13,16,25H,4,12,14-15H2,1-3H3/b26-23+. The predicted molar refractivity (Wildman–Crippen MR) is 115 cm³/mol. The molecule has 1 aliphatic heterocycles. The monoisotopic (exact) mass is 389 g/mol. The number of ether oxygens (including phenoxy) is 1. The van der Waals surface area contributed by atoms with Crippen LogP contribution in [-0.2, 0) is 13.1 Å².